The Morgan fingerprint density at radius 3 is 0.879 bits per heavy atom. The summed E-state index contributed by atoms with van der Waals surface area (Å²) in [6, 6.07) is 14.1. The molecule has 0 radical (unpaired) electrons. The van der Waals surface area contributed by atoms with Crippen molar-refractivity contribution in [3.05, 3.63) is 89.5 Å². The summed E-state index contributed by atoms with van der Waals surface area (Å²) in [4.78, 5) is -1.53. The molecular formula is C38H39F15O3S2. The Bertz CT molecular complexity index is 1940. The lowest BCUT2D eigenvalue weighted by molar-refractivity contribution is -0.493. The first kappa shape index (κ1) is 47.5. The molecule has 1 saturated carbocycles. The van der Waals surface area contributed by atoms with Gasteiger partial charge in [0.1, 0.15) is 0 Å². The third-order valence-corrected chi connectivity index (χ3v) is 15.5. The lowest BCUT2D eigenvalue weighted by Crippen LogP contribution is -2.90. The summed E-state index contributed by atoms with van der Waals surface area (Å²) in [6.45, 7) is 15.3. The number of halogens is 15. The lowest BCUT2D eigenvalue weighted by atomic mass is 9.69. The molecule has 0 bridgehead atoms. The van der Waals surface area contributed by atoms with Crippen LogP contribution < -0.4 is 0 Å². The van der Waals surface area contributed by atoms with Crippen LogP contribution in [0.15, 0.2) is 87.5 Å². The maximum absolute atomic E-state index is 16.8. The zero-order valence-corrected chi connectivity index (χ0v) is 33.8. The van der Waals surface area contributed by atoms with Crippen LogP contribution in [0, 0.1) is 0 Å². The van der Waals surface area contributed by atoms with Crippen molar-refractivity contribution in [2.24, 2.45) is 0 Å². The molecule has 0 heterocycles. The SMILES string of the molecule is CC(C)(C)c1ccc(S(OS(=O)(=O)C2(F)C(F)(F)C(F)(F)C(F)(C(F)(F)C(F)(F)F)C(F)(F)C2(F)F)(c2ccc(C(C)(C)C)cc2)c2ccc(C(C)(C)C)cc2)cc1. The van der Waals surface area contributed by atoms with Gasteiger partial charge in [-0.3, -0.25) is 0 Å². The van der Waals surface area contributed by atoms with Gasteiger partial charge in [0, 0.05) is 14.7 Å². The molecule has 0 aliphatic heterocycles. The molecule has 3 aromatic carbocycles. The highest BCUT2D eigenvalue weighted by atomic mass is 32.3. The predicted octanol–water partition coefficient (Wildman–Crippen LogP) is 13.2. The van der Waals surface area contributed by atoms with Crippen LogP contribution >= 0.6 is 10.3 Å². The summed E-state index contributed by atoms with van der Waals surface area (Å²) in [5.41, 5.74) is -9.34. The Balaban J connectivity index is 2.22. The van der Waals surface area contributed by atoms with Crippen LogP contribution in [0.4, 0.5) is 65.9 Å². The Morgan fingerprint density at radius 1 is 0.431 bits per heavy atom. The Labute approximate surface area is 327 Å². The standard InChI is InChI=1S/C38H39F15O3S2/c1-28(2,3)22-10-16-25(17-11-22)57(26-18-12-23(13-19-26)29(4,5)6,27-20-14-24(15-21-27)30(7,8)9)56-58(54,55)37(50)35(46,47)32(40,41)31(39,33(42,43)36(37,48)49)34(44,45)38(51,52)53/h10-21H,1-9H3. The third kappa shape index (κ3) is 6.33. The fourth-order valence-electron chi connectivity index (χ4n) is 6.28. The second kappa shape index (κ2) is 13.4. The molecule has 0 amide bonds. The van der Waals surface area contributed by atoms with Gasteiger partial charge in [-0.1, -0.05) is 98.7 Å². The van der Waals surface area contributed by atoms with Crippen LogP contribution in [0.2, 0.25) is 0 Å². The van der Waals surface area contributed by atoms with Crippen LogP contribution in [0.5, 0.6) is 0 Å². The summed E-state index contributed by atoms with van der Waals surface area (Å²) in [5, 5.41) is -7.96. The van der Waals surface area contributed by atoms with E-state index in [1.807, 2.05) is 0 Å². The van der Waals surface area contributed by atoms with Crippen molar-refractivity contribution in [1.29, 1.82) is 0 Å². The second-order valence-corrected chi connectivity index (χ2v) is 21.6. The van der Waals surface area contributed by atoms with Gasteiger partial charge < -0.3 is 0 Å². The first-order chi connectivity index (χ1) is 25.6. The second-order valence-electron chi connectivity index (χ2n) is 17.0. The van der Waals surface area contributed by atoms with Gasteiger partial charge >= 0.3 is 56.6 Å². The maximum Gasteiger partial charge on any atom is 0.457 e. The summed E-state index contributed by atoms with van der Waals surface area (Å²) >= 11 is 0. The van der Waals surface area contributed by atoms with Gasteiger partial charge in [0.2, 0.25) is 0 Å². The van der Waals surface area contributed by atoms with E-state index < -0.39 is 97.8 Å². The van der Waals surface area contributed by atoms with E-state index in [-0.39, 0.29) is 0 Å². The zero-order valence-electron chi connectivity index (χ0n) is 32.1. The molecular weight excluding hydrogens is 854 g/mol. The average Bonchev–Trinajstić information content (AvgIpc) is 3.07. The average molecular weight is 893 g/mol. The van der Waals surface area contributed by atoms with Gasteiger partial charge in [-0.05, 0) is 79.6 Å². The Hall–Kier alpha value is -3.13. The molecule has 1 aliphatic rings. The normalized spacial score (nSPS) is 24.3. The van der Waals surface area contributed by atoms with E-state index in [4.69, 9.17) is 3.63 Å². The molecule has 3 aromatic rings. The minimum Gasteiger partial charge on any atom is -0.223 e. The van der Waals surface area contributed by atoms with E-state index in [1.165, 1.54) is 36.4 Å². The highest BCUT2D eigenvalue weighted by Gasteiger charge is 3.08. The molecule has 0 spiro atoms. The minimum absolute atomic E-state index is 0.468. The molecule has 0 aromatic heterocycles. The van der Waals surface area contributed by atoms with Gasteiger partial charge in [0.05, 0.1) is 0 Å². The first-order valence-corrected chi connectivity index (χ1v) is 20.0. The van der Waals surface area contributed by atoms with Gasteiger partial charge in [-0.15, -0.1) is 0 Å². The summed E-state index contributed by atoms with van der Waals surface area (Å²) in [7, 11) is -13.0. The van der Waals surface area contributed by atoms with Gasteiger partial charge in [-0.25, -0.2) is 12.4 Å². The van der Waals surface area contributed by atoms with E-state index in [0.29, 0.717) is 16.7 Å². The van der Waals surface area contributed by atoms with Crippen molar-refractivity contribution >= 4 is 20.4 Å². The molecule has 0 N–H and O–H groups in total. The molecule has 326 valence electrons. The van der Waals surface area contributed by atoms with Crippen LogP contribution in [0.3, 0.4) is 0 Å². The smallest absolute Gasteiger partial charge is 0.223 e. The van der Waals surface area contributed by atoms with E-state index in [9.17, 15) is 30.4 Å². The van der Waals surface area contributed by atoms with Crippen LogP contribution in [0.1, 0.15) is 79.0 Å². The van der Waals surface area contributed by atoms with Crippen LogP contribution in [-0.4, -0.2) is 54.9 Å². The highest BCUT2D eigenvalue weighted by molar-refractivity contribution is 8.33. The lowest BCUT2D eigenvalue weighted by Gasteiger charge is -2.56. The monoisotopic (exact) mass is 892 g/mol. The first-order valence-electron chi connectivity index (χ1n) is 17.0. The molecule has 4 rings (SSSR count). The van der Waals surface area contributed by atoms with Gasteiger partial charge in [-0.2, -0.15) is 65.5 Å². The van der Waals surface area contributed by atoms with Gasteiger partial charge in [0.15, 0.2) is 0 Å². The fourth-order valence-corrected chi connectivity index (χ4v) is 11.9. The number of hydrogen-bond donors (Lipinski definition) is 0. The van der Waals surface area contributed by atoms with E-state index in [2.05, 4.69) is 0 Å². The quantitative estimate of drug-likeness (QED) is 0.222. The number of benzene rings is 3. The predicted molar refractivity (Wildman–Crippen MR) is 186 cm³/mol. The van der Waals surface area contributed by atoms with Crippen LogP contribution in [-0.2, 0) is 30.0 Å². The maximum atomic E-state index is 16.8. The fraction of sp³-hybridized carbons (Fsp3) is 0.526. The molecule has 20 heteroatoms. The number of alkyl halides is 15. The van der Waals surface area contributed by atoms with Gasteiger partial charge in [0.25, 0.3) is 0 Å². The third-order valence-electron chi connectivity index (χ3n) is 9.94. The van der Waals surface area contributed by atoms with Crippen LogP contribution in [0.25, 0.3) is 0 Å². The van der Waals surface area contributed by atoms with Crippen molar-refractivity contribution in [1.82, 2.24) is 0 Å². The zero-order chi connectivity index (χ0) is 45.2. The van der Waals surface area contributed by atoms with Crippen molar-refractivity contribution in [2.75, 3.05) is 0 Å². The summed E-state index contributed by atoms with van der Waals surface area (Å²) in [6.07, 6.45) is -8.02. The Kier molecular flexibility index (Phi) is 11.0. The molecule has 0 atom stereocenters. The van der Waals surface area contributed by atoms with E-state index >= 15 is 43.9 Å². The summed E-state index contributed by atoms with van der Waals surface area (Å²) in [5.74, 6) is -42.3. The topological polar surface area (TPSA) is 43.4 Å². The number of hydrogen-bond acceptors (Lipinski definition) is 3. The largest absolute Gasteiger partial charge is 0.457 e. The van der Waals surface area contributed by atoms with Crippen molar-refractivity contribution in [3.63, 3.8) is 0 Å². The molecule has 0 unspecified atom stereocenters. The van der Waals surface area contributed by atoms with Crippen molar-refractivity contribution in [3.8, 4) is 0 Å². The molecule has 58 heavy (non-hydrogen) atoms. The van der Waals surface area contributed by atoms with E-state index in [0.717, 1.165) is 36.4 Å². The number of rotatable bonds is 7. The van der Waals surface area contributed by atoms with Crippen molar-refractivity contribution < 1.29 is 77.9 Å². The summed E-state index contributed by atoms with van der Waals surface area (Å²) < 4.78 is 258. The molecule has 0 saturated heterocycles. The molecule has 1 aliphatic carbocycles. The minimum atomic E-state index is -8.69. The Morgan fingerprint density at radius 2 is 0.672 bits per heavy atom. The van der Waals surface area contributed by atoms with E-state index in [1.54, 1.807) is 62.3 Å². The molecule has 3 nitrogen and oxygen atoms in total. The van der Waals surface area contributed by atoms with Crippen molar-refractivity contribution in [2.45, 2.75) is 140 Å². The molecule has 1 fully saturated rings. The highest BCUT2D eigenvalue weighted by Crippen LogP contribution is 2.77.